The maximum Gasteiger partial charge on any atom is 0.150 e. The summed E-state index contributed by atoms with van der Waals surface area (Å²) < 4.78 is 15.2. The van der Waals surface area contributed by atoms with Gasteiger partial charge >= 0.3 is 0 Å². The normalized spacial score (nSPS) is 12.8. The molecule has 0 aliphatic rings. The highest BCUT2D eigenvalue weighted by Crippen LogP contribution is 2.33. The van der Waals surface area contributed by atoms with Gasteiger partial charge in [-0.25, -0.2) is 9.37 Å². The van der Waals surface area contributed by atoms with Crippen LogP contribution in [-0.4, -0.2) is 15.9 Å². The fraction of sp³-hybridized carbons (Fsp3) is 0.143. The molecular formula is C21H17BrClFN2O. The van der Waals surface area contributed by atoms with E-state index in [0.717, 1.165) is 27.4 Å². The maximum atomic E-state index is 14.3. The van der Waals surface area contributed by atoms with Crippen molar-refractivity contribution < 1.29 is 9.60 Å². The predicted octanol–water partition coefficient (Wildman–Crippen LogP) is 6.35. The van der Waals surface area contributed by atoms with Crippen molar-refractivity contribution in [3.05, 3.63) is 98.5 Å². The van der Waals surface area contributed by atoms with E-state index in [4.69, 9.17) is 11.6 Å². The van der Waals surface area contributed by atoms with Crippen LogP contribution in [-0.2, 0) is 0 Å². The van der Waals surface area contributed by atoms with Crippen molar-refractivity contribution in [1.29, 1.82) is 0 Å². The SMILES string of the molecule is Cc1ccccc1C(CC(=NO)c1cc(Cl)ncc1F)c1ccc(Br)cc1. The van der Waals surface area contributed by atoms with E-state index in [-0.39, 0.29) is 22.3 Å². The fourth-order valence-corrected chi connectivity index (χ4v) is 3.53. The van der Waals surface area contributed by atoms with E-state index in [2.05, 4.69) is 26.1 Å². The van der Waals surface area contributed by atoms with Gasteiger partial charge in [-0.05, 0) is 41.8 Å². The molecule has 0 amide bonds. The highest BCUT2D eigenvalue weighted by atomic mass is 79.9. The second-order valence-corrected chi connectivity index (χ2v) is 7.50. The van der Waals surface area contributed by atoms with Gasteiger partial charge in [0.15, 0.2) is 5.82 Å². The van der Waals surface area contributed by atoms with E-state index in [0.29, 0.717) is 6.42 Å². The molecule has 138 valence electrons. The minimum absolute atomic E-state index is 0.114. The van der Waals surface area contributed by atoms with E-state index in [1.54, 1.807) is 0 Å². The Labute approximate surface area is 170 Å². The summed E-state index contributed by atoms with van der Waals surface area (Å²) in [6, 6.07) is 17.3. The summed E-state index contributed by atoms with van der Waals surface area (Å²) in [7, 11) is 0. The molecule has 0 bridgehead atoms. The van der Waals surface area contributed by atoms with E-state index >= 15 is 0 Å². The lowest BCUT2D eigenvalue weighted by molar-refractivity contribution is 0.317. The zero-order chi connectivity index (χ0) is 19.4. The average Bonchev–Trinajstić information content (AvgIpc) is 2.67. The number of aromatic nitrogens is 1. The van der Waals surface area contributed by atoms with Crippen LogP contribution in [0.4, 0.5) is 4.39 Å². The Kier molecular flexibility index (Phi) is 6.24. The third kappa shape index (κ3) is 4.54. The van der Waals surface area contributed by atoms with Gasteiger partial charge in [-0.15, -0.1) is 0 Å². The molecule has 3 rings (SSSR count). The third-order valence-corrected chi connectivity index (χ3v) is 5.22. The summed E-state index contributed by atoms with van der Waals surface area (Å²) in [6.07, 6.45) is 1.34. The van der Waals surface area contributed by atoms with Gasteiger partial charge in [0, 0.05) is 22.4 Å². The van der Waals surface area contributed by atoms with E-state index in [1.807, 2.05) is 55.5 Å². The van der Waals surface area contributed by atoms with Crippen LogP contribution in [0.15, 0.2) is 70.4 Å². The molecule has 0 fully saturated rings. The standard InChI is InChI=1S/C21H17BrClFN2O/c1-13-4-2-3-5-16(13)17(14-6-8-15(22)9-7-14)10-20(26-27)18-11-21(23)25-12-19(18)24/h2-9,11-12,17,27H,10H2,1H3. The lowest BCUT2D eigenvalue weighted by Crippen LogP contribution is -2.13. The van der Waals surface area contributed by atoms with E-state index in [1.165, 1.54) is 6.07 Å². The fourth-order valence-electron chi connectivity index (χ4n) is 3.11. The lowest BCUT2D eigenvalue weighted by Gasteiger charge is -2.21. The van der Waals surface area contributed by atoms with Crippen molar-refractivity contribution in [3.8, 4) is 0 Å². The number of hydrogen-bond acceptors (Lipinski definition) is 3. The zero-order valence-corrected chi connectivity index (χ0v) is 16.9. The molecule has 3 aromatic rings. The molecule has 27 heavy (non-hydrogen) atoms. The summed E-state index contributed by atoms with van der Waals surface area (Å²) in [4.78, 5) is 3.72. The zero-order valence-electron chi connectivity index (χ0n) is 14.5. The molecule has 1 heterocycles. The van der Waals surface area contributed by atoms with Gasteiger partial charge in [-0.2, -0.15) is 0 Å². The Hall–Kier alpha value is -2.24. The number of rotatable bonds is 5. The summed E-state index contributed by atoms with van der Waals surface area (Å²) in [5.41, 5.74) is 3.59. The van der Waals surface area contributed by atoms with Gasteiger partial charge in [0.05, 0.1) is 11.9 Å². The van der Waals surface area contributed by atoms with Crippen LogP contribution in [0.3, 0.4) is 0 Å². The smallest absolute Gasteiger partial charge is 0.150 e. The van der Waals surface area contributed by atoms with Crippen molar-refractivity contribution >= 4 is 33.2 Å². The van der Waals surface area contributed by atoms with Crippen LogP contribution in [0.1, 0.15) is 34.6 Å². The van der Waals surface area contributed by atoms with E-state index in [9.17, 15) is 9.60 Å². The number of nitrogens with zero attached hydrogens (tertiary/aromatic N) is 2. The first kappa shape index (κ1) is 19.5. The average molecular weight is 448 g/mol. The number of benzene rings is 2. The largest absolute Gasteiger partial charge is 0.411 e. The molecule has 0 saturated heterocycles. The van der Waals surface area contributed by atoms with Gasteiger partial charge in [0.2, 0.25) is 0 Å². The third-order valence-electron chi connectivity index (χ3n) is 4.49. The van der Waals surface area contributed by atoms with Crippen molar-refractivity contribution in [3.63, 3.8) is 0 Å². The quantitative estimate of drug-likeness (QED) is 0.214. The summed E-state index contributed by atoms with van der Waals surface area (Å²) in [5.74, 6) is -0.692. The number of oxime groups is 1. The lowest BCUT2D eigenvalue weighted by atomic mass is 9.83. The van der Waals surface area contributed by atoms with Crippen LogP contribution < -0.4 is 0 Å². The topological polar surface area (TPSA) is 45.5 Å². The Morgan fingerprint density at radius 2 is 1.93 bits per heavy atom. The first-order valence-electron chi connectivity index (χ1n) is 8.33. The minimum Gasteiger partial charge on any atom is -0.411 e. The molecule has 0 aliphatic carbocycles. The van der Waals surface area contributed by atoms with Crippen molar-refractivity contribution in [2.45, 2.75) is 19.3 Å². The molecule has 1 aromatic heterocycles. The van der Waals surface area contributed by atoms with Gasteiger partial charge in [-0.1, -0.05) is 69.1 Å². The van der Waals surface area contributed by atoms with Crippen LogP contribution >= 0.6 is 27.5 Å². The number of aryl methyl sites for hydroxylation is 1. The second-order valence-electron chi connectivity index (χ2n) is 6.20. The molecule has 2 aromatic carbocycles. The second kappa shape index (κ2) is 8.63. The minimum atomic E-state index is -0.577. The van der Waals surface area contributed by atoms with Crippen molar-refractivity contribution in [1.82, 2.24) is 4.98 Å². The highest BCUT2D eigenvalue weighted by molar-refractivity contribution is 9.10. The molecule has 1 unspecified atom stereocenters. The molecule has 3 nitrogen and oxygen atoms in total. The summed E-state index contributed by atoms with van der Waals surface area (Å²) >= 11 is 9.36. The maximum absolute atomic E-state index is 14.3. The van der Waals surface area contributed by atoms with Crippen LogP contribution in [0.5, 0.6) is 0 Å². The monoisotopic (exact) mass is 446 g/mol. The van der Waals surface area contributed by atoms with Gasteiger partial charge in [0.25, 0.3) is 0 Å². The molecule has 6 heteroatoms. The van der Waals surface area contributed by atoms with Gasteiger partial charge in [-0.3, -0.25) is 0 Å². The summed E-state index contributed by atoms with van der Waals surface area (Å²) in [6.45, 7) is 2.03. The first-order valence-corrected chi connectivity index (χ1v) is 9.50. The van der Waals surface area contributed by atoms with Crippen LogP contribution in [0.2, 0.25) is 5.15 Å². The Morgan fingerprint density at radius 3 is 2.59 bits per heavy atom. The van der Waals surface area contributed by atoms with E-state index < -0.39 is 5.82 Å². The summed E-state index contributed by atoms with van der Waals surface area (Å²) in [5, 5.41) is 13.1. The first-order chi connectivity index (χ1) is 13.0. The van der Waals surface area contributed by atoms with Crippen LogP contribution in [0, 0.1) is 12.7 Å². The molecule has 1 atom stereocenters. The molecule has 0 saturated carbocycles. The molecular weight excluding hydrogens is 431 g/mol. The number of halogens is 3. The predicted molar refractivity (Wildman–Crippen MR) is 109 cm³/mol. The number of pyridine rings is 1. The highest BCUT2D eigenvalue weighted by Gasteiger charge is 2.22. The van der Waals surface area contributed by atoms with Gasteiger partial charge < -0.3 is 5.21 Å². The molecule has 0 spiro atoms. The Morgan fingerprint density at radius 1 is 1.22 bits per heavy atom. The molecule has 0 aliphatic heterocycles. The van der Waals surface area contributed by atoms with Gasteiger partial charge in [0.1, 0.15) is 5.15 Å². The molecule has 0 radical (unpaired) electrons. The molecule has 1 N–H and O–H groups in total. The van der Waals surface area contributed by atoms with Crippen LogP contribution in [0.25, 0.3) is 0 Å². The Bertz CT molecular complexity index is 976. The Balaban J connectivity index is 2.06. The number of hydrogen-bond donors (Lipinski definition) is 1. The van der Waals surface area contributed by atoms with Crippen molar-refractivity contribution in [2.75, 3.05) is 0 Å². The van der Waals surface area contributed by atoms with Crippen molar-refractivity contribution in [2.24, 2.45) is 5.16 Å².